The summed E-state index contributed by atoms with van der Waals surface area (Å²) in [5, 5.41) is 17.4. The second-order valence-corrected chi connectivity index (χ2v) is 3.63. The summed E-state index contributed by atoms with van der Waals surface area (Å²) in [5.41, 5.74) is 6.24. The molecular formula is C13H14N4O2. The first-order valence-electron chi connectivity index (χ1n) is 5.70. The molecule has 0 unspecified atom stereocenters. The highest BCUT2D eigenvalue weighted by Crippen LogP contribution is 2.26. The van der Waals surface area contributed by atoms with Gasteiger partial charge in [-0.05, 0) is 19.1 Å². The maximum Gasteiger partial charge on any atom is 0.261 e. The number of carbonyl (C=O) groups is 1. The zero-order valence-electron chi connectivity index (χ0n) is 10.6. The summed E-state index contributed by atoms with van der Waals surface area (Å²) in [6, 6.07) is 8.57. The molecule has 0 saturated heterocycles. The van der Waals surface area contributed by atoms with Gasteiger partial charge in [0.05, 0.1) is 18.7 Å². The summed E-state index contributed by atoms with van der Waals surface area (Å²) >= 11 is 0. The van der Waals surface area contributed by atoms with Gasteiger partial charge in [-0.2, -0.15) is 10.5 Å². The summed E-state index contributed by atoms with van der Waals surface area (Å²) in [6.07, 6.45) is 0. The van der Waals surface area contributed by atoms with Crippen LogP contribution in [0.2, 0.25) is 0 Å². The Kier molecular flexibility index (Phi) is 5.18. The molecule has 0 bridgehead atoms. The van der Waals surface area contributed by atoms with E-state index in [0.717, 1.165) is 4.90 Å². The first-order chi connectivity index (χ1) is 9.15. The average molecular weight is 258 g/mol. The maximum absolute atomic E-state index is 12.3. The lowest BCUT2D eigenvalue weighted by Gasteiger charge is -2.19. The van der Waals surface area contributed by atoms with Gasteiger partial charge in [-0.3, -0.25) is 4.79 Å². The van der Waals surface area contributed by atoms with E-state index >= 15 is 0 Å². The van der Waals surface area contributed by atoms with Crippen LogP contribution in [0.1, 0.15) is 17.3 Å². The molecule has 0 heterocycles. The highest BCUT2D eigenvalue weighted by molar-refractivity contribution is 6.02. The number of anilines is 1. The Morgan fingerprint density at radius 3 is 2.53 bits per heavy atom. The van der Waals surface area contributed by atoms with Crippen molar-refractivity contribution in [3.63, 3.8) is 0 Å². The molecule has 0 aliphatic rings. The maximum atomic E-state index is 12.3. The van der Waals surface area contributed by atoms with Gasteiger partial charge in [0.15, 0.2) is 0 Å². The number of nitriles is 2. The summed E-state index contributed by atoms with van der Waals surface area (Å²) < 4.78 is 5.35. The van der Waals surface area contributed by atoms with Crippen LogP contribution in [0.25, 0.3) is 0 Å². The number of carbonyl (C=O) groups excluding carboxylic acids is 1. The van der Waals surface area contributed by atoms with Crippen LogP contribution in [0.5, 0.6) is 5.75 Å². The van der Waals surface area contributed by atoms with Gasteiger partial charge in [-0.25, -0.2) is 0 Å². The molecule has 1 aromatic carbocycles. The minimum absolute atomic E-state index is 0.174. The Hall–Kier alpha value is -2.73. The summed E-state index contributed by atoms with van der Waals surface area (Å²) in [5.74, 6) is -0.127. The minimum atomic E-state index is -0.482. The second kappa shape index (κ2) is 6.87. The molecule has 98 valence electrons. The molecule has 0 aliphatic heterocycles. The lowest BCUT2D eigenvalue weighted by Crippen LogP contribution is -2.32. The second-order valence-electron chi connectivity index (χ2n) is 3.63. The molecule has 6 nitrogen and oxygen atoms in total. The number of nitrogen functional groups attached to an aromatic ring is 1. The molecule has 0 saturated carbocycles. The highest BCUT2D eigenvalue weighted by Gasteiger charge is 2.21. The molecule has 0 aromatic heterocycles. The fourth-order valence-electron chi connectivity index (χ4n) is 1.58. The standard InChI is InChI=1S/C13H14N4O2/c1-2-19-11-5-3-4-10(16)12(11)13(18)17(8-6-14)9-7-15/h3-5H,2,8-9,16H2,1H3. The lowest BCUT2D eigenvalue weighted by molar-refractivity contribution is 0.0791. The molecule has 0 fully saturated rings. The Labute approximate surface area is 111 Å². The van der Waals surface area contributed by atoms with E-state index < -0.39 is 5.91 Å². The zero-order chi connectivity index (χ0) is 14.3. The summed E-state index contributed by atoms with van der Waals surface area (Å²) in [4.78, 5) is 13.4. The third-order valence-corrected chi connectivity index (χ3v) is 2.38. The predicted molar refractivity (Wildman–Crippen MR) is 69.2 cm³/mol. The van der Waals surface area contributed by atoms with E-state index in [2.05, 4.69) is 0 Å². The largest absolute Gasteiger partial charge is 0.493 e. The van der Waals surface area contributed by atoms with Gasteiger partial charge in [-0.15, -0.1) is 0 Å². The van der Waals surface area contributed by atoms with E-state index in [9.17, 15) is 4.79 Å². The Morgan fingerprint density at radius 1 is 1.37 bits per heavy atom. The van der Waals surface area contributed by atoms with Crippen LogP contribution < -0.4 is 10.5 Å². The topological polar surface area (TPSA) is 103 Å². The smallest absolute Gasteiger partial charge is 0.261 e. The Bertz CT molecular complexity index is 527. The number of benzene rings is 1. The first-order valence-corrected chi connectivity index (χ1v) is 5.70. The number of amides is 1. The average Bonchev–Trinajstić information content (AvgIpc) is 2.38. The van der Waals surface area contributed by atoms with Crippen molar-refractivity contribution in [1.29, 1.82) is 10.5 Å². The first kappa shape index (κ1) is 14.3. The number of nitrogens with zero attached hydrogens (tertiary/aromatic N) is 3. The molecule has 0 atom stereocenters. The SMILES string of the molecule is CCOc1cccc(N)c1C(=O)N(CC#N)CC#N. The third kappa shape index (κ3) is 3.36. The van der Waals surface area contributed by atoms with Gasteiger partial charge in [0.2, 0.25) is 0 Å². The van der Waals surface area contributed by atoms with E-state index in [1.54, 1.807) is 25.1 Å². The van der Waals surface area contributed by atoms with E-state index in [1.165, 1.54) is 0 Å². The van der Waals surface area contributed by atoms with Gasteiger partial charge >= 0.3 is 0 Å². The zero-order valence-corrected chi connectivity index (χ0v) is 10.6. The lowest BCUT2D eigenvalue weighted by atomic mass is 10.1. The number of hydrogen-bond donors (Lipinski definition) is 1. The number of rotatable bonds is 5. The summed E-state index contributed by atoms with van der Waals surface area (Å²) in [6.45, 7) is 1.83. The molecule has 6 heteroatoms. The van der Waals surface area contributed by atoms with Crippen LogP contribution in [-0.4, -0.2) is 30.5 Å². The van der Waals surface area contributed by atoms with E-state index in [0.29, 0.717) is 12.4 Å². The van der Waals surface area contributed by atoms with Gasteiger partial charge in [0.25, 0.3) is 5.91 Å². The van der Waals surface area contributed by atoms with Gasteiger partial charge in [-0.1, -0.05) is 6.07 Å². The highest BCUT2D eigenvalue weighted by atomic mass is 16.5. The van der Waals surface area contributed by atoms with Crippen molar-refractivity contribution in [2.45, 2.75) is 6.92 Å². The van der Waals surface area contributed by atoms with Gasteiger partial charge in [0, 0.05) is 5.69 Å². The fourth-order valence-corrected chi connectivity index (χ4v) is 1.58. The summed E-state index contributed by atoms with van der Waals surface area (Å²) in [7, 11) is 0. The minimum Gasteiger partial charge on any atom is -0.493 e. The third-order valence-electron chi connectivity index (χ3n) is 2.38. The van der Waals surface area contributed by atoms with Crippen LogP contribution in [0.15, 0.2) is 18.2 Å². The van der Waals surface area contributed by atoms with Gasteiger partial charge < -0.3 is 15.4 Å². The molecule has 0 spiro atoms. The van der Waals surface area contributed by atoms with Crippen molar-refractivity contribution in [3.8, 4) is 17.9 Å². The molecule has 1 aromatic rings. The Balaban J connectivity index is 3.17. The molecule has 2 N–H and O–H groups in total. The van der Waals surface area contributed by atoms with Crippen LogP contribution >= 0.6 is 0 Å². The van der Waals surface area contributed by atoms with E-state index in [4.69, 9.17) is 21.0 Å². The van der Waals surface area contributed by atoms with Crippen molar-refractivity contribution in [1.82, 2.24) is 4.90 Å². The van der Waals surface area contributed by atoms with Crippen molar-refractivity contribution >= 4 is 11.6 Å². The molecule has 19 heavy (non-hydrogen) atoms. The van der Waals surface area contributed by atoms with Crippen LogP contribution in [0, 0.1) is 22.7 Å². The molecule has 0 aliphatic carbocycles. The number of hydrogen-bond acceptors (Lipinski definition) is 5. The number of ether oxygens (including phenoxy) is 1. The van der Waals surface area contributed by atoms with Crippen LogP contribution in [-0.2, 0) is 0 Å². The van der Waals surface area contributed by atoms with Crippen molar-refractivity contribution in [3.05, 3.63) is 23.8 Å². The molecule has 0 radical (unpaired) electrons. The molecular weight excluding hydrogens is 244 g/mol. The number of nitrogens with two attached hydrogens (primary N) is 1. The van der Waals surface area contributed by atoms with E-state index in [-0.39, 0.29) is 24.3 Å². The molecule has 1 amide bonds. The fraction of sp³-hybridized carbons (Fsp3) is 0.308. The van der Waals surface area contributed by atoms with Gasteiger partial charge in [0.1, 0.15) is 24.4 Å². The molecule has 1 rings (SSSR count). The van der Waals surface area contributed by atoms with Crippen molar-refractivity contribution in [2.75, 3.05) is 25.4 Å². The van der Waals surface area contributed by atoms with E-state index in [1.807, 2.05) is 12.1 Å². The normalized spacial score (nSPS) is 9.21. The monoisotopic (exact) mass is 258 g/mol. The predicted octanol–water partition coefficient (Wildman–Crippen LogP) is 1.16. The van der Waals surface area contributed by atoms with Crippen LogP contribution in [0.4, 0.5) is 5.69 Å². The van der Waals surface area contributed by atoms with Crippen molar-refractivity contribution < 1.29 is 9.53 Å². The Morgan fingerprint density at radius 2 is 2.00 bits per heavy atom. The van der Waals surface area contributed by atoms with Crippen LogP contribution in [0.3, 0.4) is 0 Å². The quantitative estimate of drug-likeness (QED) is 0.630. The van der Waals surface area contributed by atoms with Crippen molar-refractivity contribution in [2.24, 2.45) is 0 Å².